The maximum Gasteiger partial charge on any atom is 0.223 e. The first kappa shape index (κ1) is 43.7. The maximum atomic E-state index is 13.7. The first-order valence-corrected chi connectivity index (χ1v) is 21.5. The molecule has 1 aliphatic heterocycles. The molecule has 0 bridgehead atoms. The van der Waals surface area contributed by atoms with E-state index in [9.17, 15) is 9.59 Å². The molecule has 0 fully saturated rings. The predicted octanol–water partition coefficient (Wildman–Crippen LogP) is 14.0. The Kier molecular flexibility index (Phi) is 27.4. The lowest BCUT2D eigenvalue weighted by molar-refractivity contribution is -0.137. The number of amides is 1. The Morgan fingerprint density at radius 1 is 0.560 bits per heavy atom. The van der Waals surface area contributed by atoms with Crippen LogP contribution < -0.4 is 0 Å². The van der Waals surface area contributed by atoms with Crippen molar-refractivity contribution in [1.29, 1.82) is 0 Å². The van der Waals surface area contributed by atoms with Gasteiger partial charge in [-0.1, -0.05) is 177 Å². The van der Waals surface area contributed by atoms with Crippen LogP contribution in [0, 0.1) is 0 Å². The lowest BCUT2D eigenvalue weighted by atomic mass is 9.94. The number of unbranched alkanes of at least 4 members (excludes halogenated alkanes) is 22. The highest BCUT2D eigenvalue weighted by atomic mass is 16.2. The van der Waals surface area contributed by atoms with Gasteiger partial charge in [-0.3, -0.25) is 9.59 Å². The van der Waals surface area contributed by atoms with Crippen molar-refractivity contribution in [2.24, 2.45) is 0 Å². The topological polar surface area (TPSA) is 37.4 Å². The zero-order valence-corrected chi connectivity index (χ0v) is 32.8. The van der Waals surface area contributed by atoms with Crippen molar-refractivity contribution in [3.63, 3.8) is 0 Å². The van der Waals surface area contributed by atoms with Gasteiger partial charge in [0.1, 0.15) is 6.04 Å². The van der Waals surface area contributed by atoms with Crippen LogP contribution in [-0.4, -0.2) is 29.2 Å². The summed E-state index contributed by atoms with van der Waals surface area (Å²) in [6.45, 7) is 5.13. The molecule has 0 saturated carbocycles. The fourth-order valence-corrected chi connectivity index (χ4v) is 7.26. The fraction of sp³-hybridized carbons (Fsp3) is 0.702. The summed E-state index contributed by atoms with van der Waals surface area (Å²) >= 11 is 0. The van der Waals surface area contributed by atoms with Crippen molar-refractivity contribution in [3.8, 4) is 0 Å². The van der Waals surface area contributed by atoms with Crippen LogP contribution in [-0.2, 0) is 16.0 Å². The Labute approximate surface area is 309 Å². The van der Waals surface area contributed by atoms with E-state index < -0.39 is 0 Å². The molecule has 1 aromatic rings. The molecule has 3 heteroatoms. The largest absolute Gasteiger partial charge is 0.325 e. The fourth-order valence-electron chi connectivity index (χ4n) is 7.26. The van der Waals surface area contributed by atoms with Crippen molar-refractivity contribution in [3.05, 3.63) is 71.8 Å². The summed E-state index contributed by atoms with van der Waals surface area (Å²) < 4.78 is 0. The lowest BCUT2D eigenvalue weighted by Crippen LogP contribution is -2.42. The maximum absolute atomic E-state index is 13.7. The summed E-state index contributed by atoms with van der Waals surface area (Å²) in [6, 6.07) is 10.0. The average molecular weight is 688 g/mol. The molecule has 1 aromatic carbocycles. The smallest absolute Gasteiger partial charge is 0.223 e. The molecule has 3 nitrogen and oxygen atoms in total. The molecule has 2 rings (SSSR count). The van der Waals surface area contributed by atoms with Crippen LogP contribution in [0.15, 0.2) is 66.3 Å². The van der Waals surface area contributed by atoms with E-state index in [4.69, 9.17) is 0 Å². The second-order valence-electron chi connectivity index (χ2n) is 15.0. The number of nitrogens with zero attached hydrogens (tertiary/aromatic N) is 1. The molecule has 0 radical (unpaired) electrons. The highest BCUT2D eigenvalue weighted by Gasteiger charge is 2.35. The summed E-state index contributed by atoms with van der Waals surface area (Å²) in [4.78, 5) is 29.0. The monoisotopic (exact) mass is 688 g/mol. The number of ketones is 1. The molecule has 1 atom stereocenters. The molecule has 0 saturated heterocycles. The number of rotatable bonds is 33. The van der Waals surface area contributed by atoms with E-state index in [0.29, 0.717) is 19.4 Å². The van der Waals surface area contributed by atoms with Crippen LogP contribution in [0.3, 0.4) is 0 Å². The molecule has 1 unspecified atom stereocenters. The zero-order chi connectivity index (χ0) is 35.7. The average Bonchev–Trinajstić information content (AvgIpc) is 3.55. The van der Waals surface area contributed by atoms with E-state index in [-0.39, 0.29) is 17.7 Å². The van der Waals surface area contributed by atoms with Gasteiger partial charge in [-0.2, -0.15) is 0 Å². The van der Waals surface area contributed by atoms with Crippen molar-refractivity contribution < 1.29 is 9.59 Å². The molecule has 0 aromatic heterocycles. The second kappa shape index (κ2) is 31.3. The highest BCUT2D eigenvalue weighted by Crippen LogP contribution is 2.26. The number of Topliss-reactive ketones (excluding diaryl/α,β-unsaturated/α-hetero) is 1. The SMILES string of the molecule is CCCCCCCCC=CCCCCCCCC(=O)C1C(Cc2ccccc2)=CCN1C(=O)CCCCCCCC=CCCCCCCCC. The van der Waals surface area contributed by atoms with Crippen LogP contribution >= 0.6 is 0 Å². The van der Waals surface area contributed by atoms with Crippen LogP contribution in [0.2, 0.25) is 0 Å². The van der Waals surface area contributed by atoms with Crippen molar-refractivity contribution in [1.82, 2.24) is 4.90 Å². The third-order valence-electron chi connectivity index (χ3n) is 10.4. The Morgan fingerprint density at radius 3 is 1.46 bits per heavy atom. The van der Waals surface area contributed by atoms with Gasteiger partial charge < -0.3 is 4.90 Å². The van der Waals surface area contributed by atoms with Crippen LogP contribution in [0.25, 0.3) is 0 Å². The third-order valence-corrected chi connectivity index (χ3v) is 10.4. The molecule has 282 valence electrons. The third kappa shape index (κ3) is 21.7. The summed E-state index contributed by atoms with van der Waals surface area (Å²) in [5, 5.41) is 0. The Morgan fingerprint density at radius 2 is 0.980 bits per heavy atom. The van der Waals surface area contributed by atoms with E-state index in [1.807, 2.05) is 11.0 Å². The minimum atomic E-state index is -0.373. The van der Waals surface area contributed by atoms with Gasteiger partial charge in [0.2, 0.25) is 5.91 Å². The summed E-state index contributed by atoms with van der Waals surface area (Å²) in [6.07, 6.45) is 46.1. The molecule has 1 aliphatic rings. The van der Waals surface area contributed by atoms with Crippen molar-refractivity contribution in [2.45, 2.75) is 206 Å². The first-order valence-electron chi connectivity index (χ1n) is 21.5. The number of carbonyl (C=O) groups excluding carboxylic acids is 2. The zero-order valence-electron chi connectivity index (χ0n) is 32.8. The molecule has 0 N–H and O–H groups in total. The molecule has 50 heavy (non-hydrogen) atoms. The van der Waals surface area contributed by atoms with Crippen LogP contribution in [0.5, 0.6) is 0 Å². The van der Waals surface area contributed by atoms with E-state index in [2.05, 4.69) is 68.5 Å². The normalized spacial score (nSPS) is 14.7. The van der Waals surface area contributed by atoms with Gasteiger partial charge in [0.05, 0.1) is 0 Å². The number of hydrogen-bond acceptors (Lipinski definition) is 2. The number of allylic oxidation sites excluding steroid dienone is 4. The summed E-state index contributed by atoms with van der Waals surface area (Å²) in [5.74, 6) is 0.394. The van der Waals surface area contributed by atoms with E-state index in [1.54, 1.807) is 0 Å². The number of hydrogen-bond donors (Lipinski definition) is 0. The lowest BCUT2D eigenvalue weighted by Gasteiger charge is -2.27. The van der Waals surface area contributed by atoms with Gasteiger partial charge in [-0.05, 0) is 81.8 Å². The Hall–Kier alpha value is -2.42. The van der Waals surface area contributed by atoms with Gasteiger partial charge in [-0.25, -0.2) is 0 Å². The second-order valence-corrected chi connectivity index (χ2v) is 15.0. The van der Waals surface area contributed by atoms with Gasteiger partial charge in [0, 0.05) is 19.4 Å². The van der Waals surface area contributed by atoms with Gasteiger partial charge in [-0.15, -0.1) is 0 Å². The molecule has 1 heterocycles. The van der Waals surface area contributed by atoms with Gasteiger partial charge >= 0.3 is 0 Å². The first-order chi connectivity index (χ1) is 24.7. The van der Waals surface area contributed by atoms with Crippen molar-refractivity contribution >= 4 is 11.7 Å². The molecular formula is C47H77NO2. The number of benzene rings is 1. The van der Waals surface area contributed by atoms with Crippen LogP contribution in [0.1, 0.15) is 199 Å². The standard InChI is InChI=1S/C47H77NO2/c1-3-5-7-9-11-13-15-17-19-21-23-25-27-29-34-38-45(49)47-44(42-43-36-32-31-33-37-43)40-41-48(47)46(50)39-35-30-28-26-24-22-20-18-16-14-12-10-8-6-4-2/h17-20,31-33,36-37,40,47H,3-16,21-30,34-35,38-39,41-42H2,1-2H3. The predicted molar refractivity (Wildman–Crippen MR) is 218 cm³/mol. The minimum absolute atomic E-state index is 0.157. The Balaban J connectivity index is 1.63. The molecular weight excluding hydrogens is 611 g/mol. The number of carbonyl (C=O) groups is 2. The highest BCUT2D eigenvalue weighted by molar-refractivity contribution is 5.92. The van der Waals surface area contributed by atoms with Gasteiger partial charge in [0.25, 0.3) is 0 Å². The van der Waals surface area contributed by atoms with E-state index >= 15 is 0 Å². The van der Waals surface area contributed by atoms with Crippen molar-refractivity contribution in [2.75, 3.05) is 6.54 Å². The van der Waals surface area contributed by atoms with Crippen LogP contribution in [0.4, 0.5) is 0 Å². The Bertz CT molecular complexity index is 1050. The quantitative estimate of drug-likeness (QED) is 0.0545. The van der Waals surface area contributed by atoms with E-state index in [1.165, 1.54) is 147 Å². The molecule has 1 amide bonds. The summed E-state index contributed by atoms with van der Waals surface area (Å²) in [7, 11) is 0. The molecule has 0 spiro atoms. The van der Waals surface area contributed by atoms with E-state index in [0.717, 1.165) is 37.7 Å². The molecule has 0 aliphatic carbocycles. The summed E-state index contributed by atoms with van der Waals surface area (Å²) in [5.41, 5.74) is 2.33. The van der Waals surface area contributed by atoms with Gasteiger partial charge in [0.15, 0.2) is 5.78 Å². The minimum Gasteiger partial charge on any atom is -0.325 e.